The molecule has 98 valence electrons. The zero-order valence-electron chi connectivity index (χ0n) is 10.8. The van der Waals surface area contributed by atoms with Crippen LogP contribution in [-0.2, 0) is 9.53 Å². The molecule has 1 aromatic carbocycles. The predicted molar refractivity (Wildman–Crippen MR) is 66.5 cm³/mol. The third-order valence-corrected chi connectivity index (χ3v) is 3.55. The van der Waals surface area contributed by atoms with Gasteiger partial charge in [-0.15, -0.1) is 0 Å². The molecule has 0 aliphatic carbocycles. The second-order valence-electron chi connectivity index (χ2n) is 5.35. The van der Waals surface area contributed by atoms with Crippen LogP contribution in [0.2, 0.25) is 0 Å². The lowest BCUT2D eigenvalue weighted by molar-refractivity contribution is -0.156. The number of nitriles is 1. The lowest BCUT2D eigenvalue weighted by Crippen LogP contribution is -2.58. The molecule has 1 amide bonds. The van der Waals surface area contributed by atoms with E-state index in [0.29, 0.717) is 11.3 Å². The number of nitrogens with zero attached hydrogens (tertiary/aromatic N) is 1. The lowest BCUT2D eigenvalue weighted by atomic mass is 9.85. The number of hydrogen-bond acceptors (Lipinski definition) is 4. The highest BCUT2D eigenvalue weighted by molar-refractivity contribution is 5.79. The fourth-order valence-corrected chi connectivity index (χ4v) is 2.69. The van der Waals surface area contributed by atoms with Crippen LogP contribution in [0.5, 0.6) is 5.75 Å². The molecule has 2 atom stereocenters. The number of benzene rings is 1. The fraction of sp³-hybridized carbons (Fsp3) is 0.429. The van der Waals surface area contributed by atoms with Crippen molar-refractivity contribution in [2.75, 3.05) is 6.61 Å². The lowest BCUT2D eigenvalue weighted by Gasteiger charge is -2.46. The van der Waals surface area contributed by atoms with Gasteiger partial charge in [0, 0.05) is 5.56 Å². The number of carbonyl (C=O) groups is 1. The molecule has 2 aliphatic heterocycles. The SMILES string of the molecule is CC1(C)Oc2ccc(C#N)cc2C2NC(=O)COC21. The van der Waals surface area contributed by atoms with Gasteiger partial charge in [0.2, 0.25) is 5.91 Å². The summed E-state index contributed by atoms with van der Waals surface area (Å²) in [5, 5.41) is 11.9. The van der Waals surface area contributed by atoms with Crippen LogP contribution in [0.15, 0.2) is 18.2 Å². The zero-order valence-corrected chi connectivity index (χ0v) is 10.8. The van der Waals surface area contributed by atoms with Gasteiger partial charge in [0.15, 0.2) is 0 Å². The van der Waals surface area contributed by atoms with E-state index in [0.717, 1.165) is 5.56 Å². The average molecular weight is 258 g/mol. The molecule has 2 unspecified atom stereocenters. The minimum absolute atomic E-state index is 0.0429. The third-order valence-electron chi connectivity index (χ3n) is 3.55. The van der Waals surface area contributed by atoms with Crippen molar-refractivity contribution in [2.24, 2.45) is 0 Å². The molecular formula is C14H14N2O3. The van der Waals surface area contributed by atoms with Crippen molar-refractivity contribution in [3.05, 3.63) is 29.3 Å². The number of amides is 1. The first kappa shape index (κ1) is 12.0. The van der Waals surface area contributed by atoms with Gasteiger partial charge in [-0.05, 0) is 32.0 Å². The van der Waals surface area contributed by atoms with Crippen molar-refractivity contribution in [3.63, 3.8) is 0 Å². The maximum Gasteiger partial charge on any atom is 0.246 e. The molecule has 5 nitrogen and oxygen atoms in total. The Morgan fingerprint density at radius 1 is 1.47 bits per heavy atom. The summed E-state index contributed by atoms with van der Waals surface area (Å²) in [6, 6.07) is 7.05. The Morgan fingerprint density at radius 2 is 2.26 bits per heavy atom. The molecule has 3 rings (SSSR count). The highest BCUT2D eigenvalue weighted by atomic mass is 16.6. The molecule has 0 spiro atoms. The van der Waals surface area contributed by atoms with E-state index in [4.69, 9.17) is 14.7 Å². The summed E-state index contributed by atoms with van der Waals surface area (Å²) in [4.78, 5) is 11.6. The Bertz CT molecular complexity index is 589. The third kappa shape index (κ3) is 1.85. The summed E-state index contributed by atoms with van der Waals surface area (Å²) in [5.74, 6) is 0.545. The summed E-state index contributed by atoms with van der Waals surface area (Å²) in [6.07, 6.45) is -0.258. The zero-order chi connectivity index (χ0) is 13.6. The molecule has 2 aliphatic rings. The van der Waals surface area contributed by atoms with E-state index in [1.807, 2.05) is 13.8 Å². The van der Waals surface area contributed by atoms with E-state index in [2.05, 4.69) is 11.4 Å². The predicted octanol–water partition coefficient (Wildman–Crippen LogP) is 1.29. The van der Waals surface area contributed by atoms with Gasteiger partial charge >= 0.3 is 0 Å². The molecule has 0 aromatic heterocycles. The van der Waals surface area contributed by atoms with Gasteiger partial charge in [-0.3, -0.25) is 4.79 Å². The molecule has 1 aromatic rings. The van der Waals surface area contributed by atoms with Gasteiger partial charge < -0.3 is 14.8 Å². The van der Waals surface area contributed by atoms with Crippen molar-refractivity contribution in [1.29, 1.82) is 5.26 Å². The first-order valence-electron chi connectivity index (χ1n) is 6.15. The van der Waals surface area contributed by atoms with Crippen molar-refractivity contribution < 1.29 is 14.3 Å². The summed E-state index contributed by atoms with van der Waals surface area (Å²) in [7, 11) is 0. The molecule has 2 heterocycles. The number of fused-ring (bicyclic) bond motifs is 3. The van der Waals surface area contributed by atoms with E-state index in [-0.39, 0.29) is 24.7 Å². The van der Waals surface area contributed by atoms with Crippen LogP contribution in [0, 0.1) is 11.3 Å². The molecule has 0 saturated carbocycles. The van der Waals surface area contributed by atoms with E-state index in [9.17, 15) is 4.79 Å². The van der Waals surface area contributed by atoms with Crippen LogP contribution in [0.4, 0.5) is 0 Å². The molecular weight excluding hydrogens is 244 g/mol. The number of ether oxygens (including phenoxy) is 2. The molecule has 1 saturated heterocycles. The fourth-order valence-electron chi connectivity index (χ4n) is 2.69. The van der Waals surface area contributed by atoms with Gasteiger partial charge in [0.1, 0.15) is 24.1 Å². The Labute approximate surface area is 111 Å². The summed E-state index contributed by atoms with van der Waals surface area (Å²) in [6.45, 7) is 3.91. The maximum absolute atomic E-state index is 11.6. The second-order valence-corrected chi connectivity index (χ2v) is 5.35. The van der Waals surface area contributed by atoms with Crippen molar-refractivity contribution in [1.82, 2.24) is 5.32 Å². The van der Waals surface area contributed by atoms with Crippen LogP contribution in [0.3, 0.4) is 0 Å². The van der Waals surface area contributed by atoms with Gasteiger partial charge in [0.25, 0.3) is 0 Å². The smallest absolute Gasteiger partial charge is 0.246 e. The van der Waals surface area contributed by atoms with E-state index in [1.165, 1.54) is 0 Å². The summed E-state index contributed by atoms with van der Waals surface area (Å²) < 4.78 is 11.6. The van der Waals surface area contributed by atoms with Gasteiger partial charge in [0.05, 0.1) is 17.7 Å². The van der Waals surface area contributed by atoms with Crippen LogP contribution >= 0.6 is 0 Å². The molecule has 19 heavy (non-hydrogen) atoms. The van der Waals surface area contributed by atoms with Gasteiger partial charge in [-0.25, -0.2) is 0 Å². The average Bonchev–Trinajstić information content (AvgIpc) is 2.37. The quantitative estimate of drug-likeness (QED) is 0.761. The minimum Gasteiger partial charge on any atom is -0.485 e. The Morgan fingerprint density at radius 3 is 3.00 bits per heavy atom. The molecule has 0 bridgehead atoms. The second kappa shape index (κ2) is 3.97. The van der Waals surface area contributed by atoms with Crippen molar-refractivity contribution in [2.45, 2.75) is 31.6 Å². The highest BCUT2D eigenvalue weighted by Crippen LogP contribution is 2.42. The van der Waals surface area contributed by atoms with E-state index >= 15 is 0 Å². The molecule has 5 heteroatoms. The largest absolute Gasteiger partial charge is 0.485 e. The number of nitrogens with one attached hydrogen (secondary N) is 1. The Kier molecular flexibility index (Phi) is 2.51. The van der Waals surface area contributed by atoms with Crippen molar-refractivity contribution in [3.8, 4) is 11.8 Å². The molecule has 1 N–H and O–H groups in total. The van der Waals surface area contributed by atoms with Crippen LogP contribution in [0.1, 0.15) is 31.0 Å². The van der Waals surface area contributed by atoms with Crippen LogP contribution in [0.25, 0.3) is 0 Å². The van der Waals surface area contributed by atoms with Crippen LogP contribution in [-0.4, -0.2) is 24.2 Å². The summed E-state index contributed by atoms with van der Waals surface area (Å²) >= 11 is 0. The number of hydrogen-bond donors (Lipinski definition) is 1. The number of carbonyl (C=O) groups excluding carboxylic acids is 1. The first-order chi connectivity index (χ1) is 9.01. The molecule has 1 fully saturated rings. The van der Waals surface area contributed by atoms with E-state index in [1.54, 1.807) is 18.2 Å². The topological polar surface area (TPSA) is 71.3 Å². The van der Waals surface area contributed by atoms with Gasteiger partial charge in [-0.1, -0.05) is 0 Å². The standard InChI is InChI=1S/C14H14N2O3/c1-14(2)13-12(16-11(17)7-18-13)9-5-8(6-15)3-4-10(9)19-14/h3-5,12-13H,7H2,1-2H3,(H,16,17). The number of rotatable bonds is 0. The highest BCUT2D eigenvalue weighted by Gasteiger charge is 2.47. The normalized spacial score (nSPS) is 27.3. The first-order valence-corrected chi connectivity index (χ1v) is 6.15. The van der Waals surface area contributed by atoms with E-state index < -0.39 is 5.60 Å². The maximum atomic E-state index is 11.6. The summed E-state index contributed by atoms with van der Waals surface area (Å²) in [5.41, 5.74) is 0.816. The molecule has 0 radical (unpaired) electrons. The van der Waals surface area contributed by atoms with Crippen LogP contribution < -0.4 is 10.1 Å². The number of morpholine rings is 1. The van der Waals surface area contributed by atoms with Crippen molar-refractivity contribution >= 4 is 5.91 Å². The Balaban J connectivity index is 2.11. The monoisotopic (exact) mass is 258 g/mol. The Hall–Kier alpha value is -2.06. The minimum atomic E-state index is -0.528. The van der Waals surface area contributed by atoms with Gasteiger partial charge in [-0.2, -0.15) is 5.26 Å².